The Bertz CT molecular complexity index is 394. The lowest BCUT2D eigenvalue weighted by molar-refractivity contribution is 0.0951. The largest absolute Gasteiger partial charge is 0.352 e. The van der Waals surface area contributed by atoms with E-state index in [0.29, 0.717) is 12.1 Å². The topological polar surface area (TPSA) is 32.3 Å². The van der Waals surface area contributed by atoms with Crippen LogP contribution in [0.15, 0.2) is 27.1 Å². The molecule has 0 fully saturated rings. The Hall–Kier alpha value is -0.390. The van der Waals surface area contributed by atoms with Crippen molar-refractivity contribution in [3.63, 3.8) is 0 Å². The van der Waals surface area contributed by atoms with E-state index >= 15 is 0 Å². The van der Waals surface area contributed by atoms with Crippen LogP contribution in [0.5, 0.6) is 0 Å². The smallest absolute Gasteiger partial charge is 0.252 e. The summed E-state index contributed by atoms with van der Waals surface area (Å²) in [6.07, 6.45) is 0.949. The summed E-state index contributed by atoms with van der Waals surface area (Å²) in [5.41, 5.74) is 0.657. The van der Waals surface area contributed by atoms with E-state index in [-0.39, 0.29) is 5.91 Å². The number of amides is 1. The minimum Gasteiger partial charge on any atom is -0.352 e. The third-order valence-electron chi connectivity index (χ3n) is 2.24. The molecule has 0 atom stereocenters. The Balaban J connectivity index is 2.49. The van der Waals surface area contributed by atoms with E-state index in [0.717, 1.165) is 21.9 Å². The first-order valence-electron chi connectivity index (χ1n) is 5.38. The van der Waals surface area contributed by atoms with Crippen LogP contribution >= 0.6 is 31.9 Å². The molecule has 0 saturated carbocycles. The number of nitrogens with one attached hydrogen (secondary N) is 1. The highest BCUT2D eigenvalue weighted by Crippen LogP contribution is 2.21. The molecule has 1 aromatic carbocycles. The molecule has 0 aliphatic heterocycles. The van der Waals surface area contributed by atoms with Gasteiger partial charge in [0.1, 0.15) is 0 Å². The summed E-state index contributed by atoms with van der Waals surface area (Å²) >= 11 is 6.73. The fraction of sp³-hybridized carbons (Fsp3) is 0.417. The monoisotopic (exact) mass is 362 g/mol. The molecule has 0 bridgehead atoms. The van der Waals surface area contributed by atoms with E-state index in [1.807, 2.05) is 32.3 Å². The number of halogens is 2. The van der Waals surface area contributed by atoms with E-state index in [2.05, 4.69) is 42.1 Å². The molecule has 1 N–H and O–H groups in total. The van der Waals surface area contributed by atoms with Gasteiger partial charge in [-0.05, 0) is 61.2 Å². The first-order chi connectivity index (χ1) is 8.00. The first-order valence-corrected chi connectivity index (χ1v) is 6.97. The van der Waals surface area contributed by atoms with Crippen LogP contribution < -0.4 is 5.32 Å². The molecule has 0 aliphatic rings. The maximum Gasteiger partial charge on any atom is 0.252 e. The normalized spacial score (nSPS) is 10.6. The molecule has 17 heavy (non-hydrogen) atoms. The van der Waals surface area contributed by atoms with E-state index in [1.54, 1.807) is 0 Å². The van der Waals surface area contributed by atoms with Gasteiger partial charge in [-0.25, -0.2) is 0 Å². The number of nitrogens with zero attached hydrogens (tertiary/aromatic N) is 1. The molecule has 0 heterocycles. The standard InChI is InChI=1S/C12H16Br2N2O/c1-16(2)7-3-6-15-12(17)10-8-9(13)4-5-11(10)14/h4-5,8H,3,6-7H2,1-2H3,(H,15,17). The molecule has 5 heteroatoms. The van der Waals surface area contributed by atoms with Crippen LogP contribution in [-0.4, -0.2) is 38.0 Å². The maximum absolute atomic E-state index is 11.9. The van der Waals surface area contributed by atoms with Crippen LogP contribution in [0.4, 0.5) is 0 Å². The van der Waals surface area contributed by atoms with Gasteiger partial charge >= 0.3 is 0 Å². The van der Waals surface area contributed by atoms with Crippen molar-refractivity contribution < 1.29 is 4.79 Å². The highest BCUT2D eigenvalue weighted by molar-refractivity contribution is 9.11. The number of carbonyl (C=O) groups is 1. The molecular formula is C12H16Br2N2O. The van der Waals surface area contributed by atoms with Crippen LogP contribution in [-0.2, 0) is 0 Å². The van der Waals surface area contributed by atoms with Gasteiger partial charge < -0.3 is 10.2 Å². The molecule has 3 nitrogen and oxygen atoms in total. The van der Waals surface area contributed by atoms with Crippen LogP contribution in [0.2, 0.25) is 0 Å². The highest BCUT2D eigenvalue weighted by atomic mass is 79.9. The SMILES string of the molecule is CN(C)CCCNC(=O)c1cc(Br)ccc1Br. The van der Waals surface area contributed by atoms with Crippen LogP contribution in [0.1, 0.15) is 16.8 Å². The summed E-state index contributed by atoms with van der Waals surface area (Å²) in [5.74, 6) is -0.0445. The molecule has 0 unspecified atom stereocenters. The Morgan fingerprint density at radius 3 is 2.71 bits per heavy atom. The summed E-state index contributed by atoms with van der Waals surface area (Å²) in [7, 11) is 4.04. The number of hydrogen-bond acceptors (Lipinski definition) is 2. The van der Waals surface area contributed by atoms with Gasteiger partial charge in [0.15, 0.2) is 0 Å². The molecule has 0 aromatic heterocycles. The van der Waals surface area contributed by atoms with Gasteiger partial charge in [0, 0.05) is 15.5 Å². The third-order valence-corrected chi connectivity index (χ3v) is 3.43. The predicted molar refractivity (Wildman–Crippen MR) is 77.3 cm³/mol. The van der Waals surface area contributed by atoms with Crippen LogP contribution in [0, 0.1) is 0 Å². The number of hydrogen-bond donors (Lipinski definition) is 1. The molecule has 1 aromatic rings. The lowest BCUT2D eigenvalue weighted by atomic mass is 10.2. The first kappa shape index (κ1) is 14.7. The second-order valence-electron chi connectivity index (χ2n) is 4.04. The van der Waals surface area contributed by atoms with Crippen molar-refractivity contribution in [2.75, 3.05) is 27.2 Å². The van der Waals surface area contributed by atoms with Crippen LogP contribution in [0.3, 0.4) is 0 Å². The van der Waals surface area contributed by atoms with E-state index < -0.39 is 0 Å². The molecule has 0 aliphatic carbocycles. The summed E-state index contributed by atoms with van der Waals surface area (Å²) in [5, 5.41) is 2.91. The number of carbonyl (C=O) groups excluding carboxylic acids is 1. The van der Waals surface area contributed by atoms with Crippen molar-refractivity contribution in [3.05, 3.63) is 32.7 Å². The lowest BCUT2D eigenvalue weighted by Gasteiger charge is -2.10. The van der Waals surface area contributed by atoms with Gasteiger partial charge in [0.2, 0.25) is 0 Å². The quantitative estimate of drug-likeness (QED) is 0.816. The Morgan fingerprint density at radius 1 is 1.35 bits per heavy atom. The van der Waals surface area contributed by atoms with E-state index in [9.17, 15) is 4.79 Å². The summed E-state index contributed by atoms with van der Waals surface area (Å²) < 4.78 is 1.71. The molecule has 0 spiro atoms. The van der Waals surface area contributed by atoms with Crippen LogP contribution in [0.25, 0.3) is 0 Å². The van der Waals surface area contributed by atoms with Crippen molar-refractivity contribution in [1.82, 2.24) is 10.2 Å². The lowest BCUT2D eigenvalue weighted by Crippen LogP contribution is -2.27. The van der Waals surface area contributed by atoms with Gasteiger partial charge in [0.25, 0.3) is 5.91 Å². The molecule has 1 amide bonds. The van der Waals surface area contributed by atoms with Gasteiger partial charge in [-0.15, -0.1) is 0 Å². The molecule has 1 rings (SSSR count). The Kier molecular flexibility index (Phi) is 6.16. The van der Waals surface area contributed by atoms with Crippen molar-refractivity contribution in [2.45, 2.75) is 6.42 Å². The van der Waals surface area contributed by atoms with Crippen molar-refractivity contribution in [1.29, 1.82) is 0 Å². The van der Waals surface area contributed by atoms with Crippen molar-refractivity contribution >= 4 is 37.8 Å². The molecule has 0 radical (unpaired) electrons. The maximum atomic E-state index is 11.9. The highest BCUT2D eigenvalue weighted by Gasteiger charge is 2.09. The molecular weight excluding hydrogens is 348 g/mol. The van der Waals surface area contributed by atoms with Gasteiger partial charge in [-0.1, -0.05) is 15.9 Å². The van der Waals surface area contributed by atoms with E-state index in [4.69, 9.17) is 0 Å². The number of rotatable bonds is 5. The average molecular weight is 364 g/mol. The summed E-state index contributed by atoms with van der Waals surface area (Å²) in [4.78, 5) is 14.0. The Labute approximate surface area is 119 Å². The second-order valence-corrected chi connectivity index (χ2v) is 5.81. The van der Waals surface area contributed by atoms with Gasteiger partial charge in [-0.2, -0.15) is 0 Å². The minimum atomic E-state index is -0.0445. The van der Waals surface area contributed by atoms with Crippen molar-refractivity contribution in [3.8, 4) is 0 Å². The van der Waals surface area contributed by atoms with Gasteiger partial charge in [-0.3, -0.25) is 4.79 Å². The predicted octanol–water partition coefficient (Wildman–Crippen LogP) is 2.89. The zero-order chi connectivity index (χ0) is 12.8. The average Bonchev–Trinajstić information content (AvgIpc) is 2.27. The minimum absolute atomic E-state index is 0.0445. The zero-order valence-electron chi connectivity index (χ0n) is 9.96. The third kappa shape index (κ3) is 5.19. The fourth-order valence-corrected chi connectivity index (χ4v) is 2.15. The van der Waals surface area contributed by atoms with Gasteiger partial charge in [0.05, 0.1) is 5.56 Å². The Morgan fingerprint density at radius 2 is 2.06 bits per heavy atom. The molecule has 0 saturated heterocycles. The zero-order valence-corrected chi connectivity index (χ0v) is 13.1. The fourth-order valence-electron chi connectivity index (χ4n) is 1.36. The summed E-state index contributed by atoms with van der Waals surface area (Å²) in [6, 6.07) is 5.57. The molecule has 94 valence electrons. The number of benzene rings is 1. The second kappa shape index (κ2) is 7.13. The van der Waals surface area contributed by atoms with E-state index in [1.165, 1.54) is 0 Å². The summed E-state index contributed by atoms with van der Waals surface area (Å²) in [6.45, 7) is 1.66. The van der Waals surface area contributed by atoms with Crippen molar-refractivity contribution in [2.24, 2.45) is 0 Å².